The van der Waals surface area contributed by atoms with Crippen LogP contribution in [-0.4, -0.2) is 15.2 Å². The van der Waals surface area contributed by atoms with E-state index >= 15 is 0 Å². The Hall–Kier alpha value is -1.88. The standard InChI is InChI=1S/C12H11N3OS/c1-6-3-4-9-8(5-6)7(2)10(13-9)11-14-15-12(17)16-11/h3-5,13H,1-2H3,(H,15,17). The van der Waals surface area contributed by atoms with Crippen molar-refractivity contribution >= 4 is 23.1 Å². The molecular weight excluding hydrogens is 234 g/mol. The number of hydrogen-bond acceptors (Lipinski definition) is 3. The van der Waals surface area contributed by atoms with Crippen LogP contribution in [0.4, 0.5) is 0 Å². The third-order valence-corrected chi connectivity index (χ3v) is 3.04. The van der Waals surface area contributed by atoms with Crippen molar-refractivity contribution in [3.05, 3.63) is 34.2 Å². The number of H-pyrrole nitrogens is 2. The molecule has 0 unspecified atom stereocenters. The van der Waals surface area contributed by atoms with Crippen molar-refractivity contribution in [1.29, 1.82) is 0 Å². The number of benzene rings is 1. The van der Waals surface area contributed by atoms with Gasteiger partial charge in [-0.15, -0.1) is 5.10 Å². The molecule has 0 saturated carbocycles. The molecule has 0 atom stereocenters. The average molecular weight is 245 g/mol. The summed E-state index contributed by atoms with van der Waals surface area (Å²) in [4.78, 5) is 3.58. The van der Waals surface area contributed by atoms with E-state index in [-0.39, 0.29) is 4.84 Å². The number of aromatic nitrogens is 3. The first-order valence-electron chi connectivity index (χ1n) is 5.30. The van der Waals surface area contributed by atoms with Gasteiger partial charge >= 0.3 is 0 Å². The molecule has 0 aliphatic heterocycles. The van der Waals surface area contributed by atoms with E-state index < -0.39 is 0 Å². The summed E-state index contributed by atoms with van der Waals surface area (Å²) < 4.78 is 5.33. The van der Waals surface area contributed by atoms with Gasteiger partial charge in [0.1, 0.15) is 5.69 Å². The molecule has 0 aliphatic rings. The van der Waals surface area contributed by atoms with Gasteiger partial charge in [-0.1, -0.05) is 11.6 Å². The van der Waals surface area contributed by atoms with Crippen LogP contribution >= 0.6 is 12.2 Å². The zero-order valence-electron chi connectivity index (χ0n) is 9.50. The van der Waals surface area contributed by atoms with E-state index in [0.29, 0.717) is 5.89 Å². The summed E-state index contributed by atoms with van der Waals surface area (Å²) in [6.07, 6.45) is 0. The second-order valence-corrected chi connectivity index (χ2v) is 4.46. The number of aryl methyl sites for hydroxylation is 2. The lowest BCUT2D eigenvalue weighted by Crippen LogP contribution is -1.80. The molecule has 0 aliphatic carbocycles. The van der Waals surface area contributed by atoms with Crippen molar-refractivity contribution in [1.82, 2.24) is 15.2 Å². The van der Waals surface area contributed by atoms with Gasteiger partial charge in [-0.25, -0.2) is 5.10 Å². The number of nitrogens with zero attached hydrogens (tertiary/aromatic N) is 1. The maximum Gasteiger partial charge on any atom is 0.284 e. The second kappa shape index (κ2) is 3.56. The topological polar surface area (TPSA) is 57.6 Å². The van der Waals surface area contributed by atoms with Crippen molar-refractivity contribution < 1.29 is 4.42 Å². The van der Waals surface area contributed by atoms with Gasteiger partial charge in [0.2, 0.25) is 0 Å². The highest BCUT2D eigenvalue weighted by Gasteiger charge is 2.13. The number of nitrogens with one attached hydrogen (secondary N) is 2. The third kappa shape index (κ3) is 1.59. The van der Waals surface area contributed by atoms with E-state index in [2.05, 4.69) is 40.3 Å². The maximum atomic E-state index is 5.33. The minimum atomic E-state index is 0.286. The Morgan fingerprint density at radius 3 is 2.82 bits per heavy atom. The quantitative estimate of drug-likeness (QED) is 0.645. The highest BCUT2D eigenvalue weighted by molar-refractivity contribution is 7.71. The fourth-order valence-electron chi connectivity index (χ4n) is 1.99. The van der Waals surface area contributed by atoms with Gasteiger partial charge in [0.05, 0.1) is 0 Å². The Morgan fingerprint density at radius 2 is 2.12 bits per heavy atom. The van der Waals surface area contributed by atoms with Crippen molar-refractivity contribution in [3.63, 3.8) is 0 Å². The summed E-state index contributed by atoms with van der Waals surface area (Å²) in [6, 6.07) is 6.27. The van der Waals surface area contributed by atoms with Gasteiger partial charge in [-0.05, 0) is 43.8 Å². The zero-order chi connectivity index (χ0) is 12.0. The molecule has 0 amide bonds. The average Bonchev–Trinajstić information content (AvgIpc) is 2.84. The van der Waals surface area contributed by atoms with Gasteiger partial charge in [0, 0.05) is 10.9 Å². The Kier molecular flexibility index (Phi) is 2.16. The lowest BCUT2D eigenvalue weighted by Gasteiger charge is -1.93. The summed E-state index contributed by atoms with van der Waals surface area (Å²) in [5.74, 6) is 0.501. The monoisotopic (exact) mass is 245 g/mol. The molecule has 0 bridgehead atoms. The molecule has 5 heteroatoms. The predicted molar refractivity (Wildman–Crippen MR) is 68.5 cm³/mol. The van der Waals surface area contributed by atoms with E-state index in [0.717, 1.165) is 16.8 Å². The Bertz CT molecular complexity index is 751. The first-order valence-corrected chi connectivity index (χ1v) is 5.71. The summed E-state index contributed by atoms with van der Waals surface area (Å²) in [6.45, 7) is 4.12. The normalized spacial score (nSPS) is 11.2. The molecular formula is C12H11N3OS. The van der Waals surface area contributed by atoms with Gasteiger partial charge in [-0.2, -0.15) is 0 Å². The first-order chi connectivity index (χ1) is 8.15. The Morgan fingerprint density at radius 1 is 1.29 bits per heavy atom. The number of rotatable bonds is 1. The highest BCUT2D eigenvalue weighted by Crippen LogP contribution is 2.28. The van der Waals surface area contributed by atoms with Crippen LogP contribution in [0.25, 0.3) is 22.5 Å². The molecule has 2 N–H and O–H groups in total. The molecule has 3 aromatic rings. The van der Waals surface area contributed by atoms with Gasteiger partial charge < -0.3 is 9.40 Å². The summed E-state index contributed by atoms with van der Waals surface area (Å²) in [5.41, 5.74) is 4.30. The van der Waals surface area contributed by atoms with Crippen LogP contribution < -0.4 is 0 Å². The third-order valence-electron chi connectivity index (χ3n) is 2.87. The minimum absolute atomic E-state index is 0.286. The fraction of sp³-hybridized carbons (Fsp3) is 0.167. The molecule has 3 rings (SSSR count). The summed E-state index contributed by atoms with van der Waals surface area (Å²) in [5, 5.41) is 7.85. The number of aromatic amines is 2. The second-order valence-electron chi connectivity index (χ2n) is 4.09. The molecule has 0 fully saturated rings. The lowest BCUT2D eigenvalue weighted by molar-refractivity contribution is 0.550. The highest BCUT2D eigenvalue weighted by atomic mass is 32.1. The van der Waals surface area contributed by atoms with Crippen LogP contribution in [0.1, 0.15) is 11.1 Å². The van der Waals surface area contributed by atoms with Gasteiger partial charge in [0.15, 0.2) is 0 Å². The Labute approximate surface area is 103 Å². The van der Waals surface area contributed by atoms with Crippen LogP contribution in [0.15, 0.2) is 22.6 Å². The lowest BCUT2D eigenvalue weighted by atomic mass is 10.1. The van der Waals surface area contributed by atoms with Crippen molar-refractivity contribution in [2.75, 3.05) is 0 Å². The molecule has 2 heterocycles. The SMILES string of the molecule is Cc1ccc2[nH]c(-c3n[nH]c(=S)o3)c(C)c2c1. The van der Waals surface area contributed by atoms with Crippen molar-refractivity contribution in [2.24, 2.45) is 0 Å². The molecule has 17 heavy (non-hydrogen) atoms. The molecule has 1 aromatic carbocycles. The van der Waals surface area contributed by atoms with Crippen LogP contribution in [0, 0.1) is 18.7 Å². The number of hydrogen-bond donors (Lipinski definition) is 2. The van der Waals surface area contributed by atoms with Crippen molar-refractivity contribution in [3.8, 4) is 11.6 Å². The summed E-state index contributed by atoms with van der Waals surface area (Å²) in [7, 11) is 0. The summed E-state index contributed by atoms with van der Waals surface area (Å²) >= 11 is 4.88. The predicted octanol–water partition coefficient (Wildman–Crippen LogP) is 3.50. The fourth-order valence-corrected chi connectivity index (χ4v) is 2.12. The maximum absolute atomic E-state index is 5.33. The van der Waals surface area contributed by atoms with E-state index in [1.54, 1.807) is 0 Å². The minimum Gasteiger partial charge on any atom is -0.408 e. The molecule has 86 valence electrons. The van der Waals surface area contributed by atoms with E-state index in [9.17, 15) is 0 Å². The van der Waals surface area contributed by atoms with Crippen LogP contribution in [-0.2, 0) is 0 Å². The first kappa shape index (κ1) is 10.3. The van der Waals surface area contributed by atoms with Gasteiger partial charge in [0.25, 0.3) is 10.7 Å². The Balaban J connectivity index is 2.31. The van der Waals surface area contributed by atoms with Gasteiger partial charge in [-0.3, -0.25) is 0 Å². The van der Waals surface area contributed by atoms with Crippen LogP contribution in [0.5, 0.6) is 0 Å². The van der Waals surface area contributed by atoms with Crippen LogP contribution in [0.2, 0.25) is 0 Å². The molecule has 0 radical (unpaired) electrons. The van der Waals surface area contributed by atoms with Crippen molar-refractivity contribution in [2.45, 2.75) is 13.8 Å². The zero-order valence-corrected chi connectivity index (χ0v) is 10.3. The molecule has 0 spiro atoms. The molecule has 2 aromatic heterocycles. The largest absolute Gasteiger partial charge is 0.408 e. The van der Waals surface area contributed by atoms with Crippen LogP contribution in [0.3, 0.4) is 0 Å². The van der Waals surface area contributed by atoms with E-state index in [1.165, 1.54) is 10.9 Å². The van der Waals surface area contributed by atoms with E-state index in [1.807, 2.05) is 6.92 Å². The van der Waals surface area contributed by atoms with E-state index in [4.69, 9.17) is 16.6 Å². The molecule has 4 nitrogen and oxygen atoms in total. The number of fused-ring (bicyclic) bond motifs is 1. The molecule has 0 saturated heterocycles. The smallest absolute Gasteiger partial charge is 0.284 e.